The Morgan fingerprint density at radius 1 is 1.64 bits per heavy atom. The molecule has 0 aliphatic heterocycles. The number of rotatable bonds is 4. The highest BCUT2D eigenvalue weighted by Crippen LogP contribution is 2.18. The van der Waals surface area contributed by atoms with E-state index >= 15 is 0 Å². The fraction of sp³-hybridized carbons (Fsp3) is 0.111. The first-order valence-electron chi connectivity index (χ1n) is 3.95. The molecule has 0 aliphatic rings. The minimum atomic E-state index is 0.114. The molecular weight excluding hydrogens is 218 g/mol. The number of nitrogens with zero attached hydrogens (tertiary/aromatic N) is 1. The van der Waals surface area contributed by atoms with Gasteiger partial charge in [-0.3, -0.25) is 4.79 Å². The van der Waals surface area contributed by atoms with Crippen molar-refractivity contribution in [1.29, 1.82) is 0 Å². The Labute approximate surface area is 89.2 Å². The number of aromatic nitrogens is 1. The van der Waals surface area contributed by atoms with E-state index in [-0.39, 0.29) is 5.78 Å². The number of carbonyl (C=O) groups excluding carboxylic acids is 1. The lowest BCUT2D eigenvalue weighted by Gasteiger charge is -1.93. The first kappa shape index (κ1) is 9.48. The summed E-state index contributed by atoms with van der Waals surface area (Å²) in [6, 6.07) is 3.69. The fourth-order valence-electron chi connectivity index (χ4n) is 0.917. The molecule has 2 aromatic rings. The molecule has 0 atom stereocenters. The van der Waals surface area contributed by atoms with Crippen molar-refractivity contribution in [3.63, 3.8) is 0 Å². The van der Waals surface area contributed by atoms with Gasteiger partial charge in [-0.2, -0.15) is 0 Å². The SMILES string of the molecule is O=C(CSc1ncco1)c1cccs1. The van der Waals surface area contributed by atoms with Gasteiger partial charge in [0.1, 0.15) is 6.26 Å². The minimum Gasteiger partial charge on any atom is -0.440 e. The van der Waals surface area contributed by atoms with Crippen LogP contribution in [0, 0.1) is 0 Å². The first-order valence-corrected chi connectivity index (χ1v) is 5.82. The van der Waals surface area contributed by atoms with E-state index in [0.717, 1.165) is 4.88 Å². The fourth-order valence-corrected chi connectivity index (χ4v) is 2.34. The molecule has 2 rings (SSSR count). The third-order valence-corrected chi connectivity index (χ3v) is 3.30. The second kappa shape index (κ2) is 4.43. The molecule has 5 heteroatoms. The molecule has 0 saturated carbocycles. The van der Waals surface area contributed by atoms with Crippen LogP contribution in [0.5, 0.6) is 0 Å². The molecule has 14 heavy (non-hydrogen) atoms. The smallest absolute Gasteiger partial charge is 0.255 e. The lowest BCUT2D eigenvalue weighted by Crippen LogP contribution is -1.98. The topological polar surface area (TPSA) is 43.1 Å². The quantitative estimate of drug-likeness (QED) is 0.592. The van der Waals surface area contributed by atoms with E-state index in [4.69, 9.17) is 4.42 Å². The molecular formula is C9H7NO2S2. The van der Waals surface area contributed by atoms with Crippen LogP contribution in [0.2, 0.25) is 0 Å². The zero-order chi connectivity index (χ0) is 9.80. The van der Waals surface area contributed by atoms with Crippen LogP contribution in [0.25, 0.3) is 0 Å². The number of Topliss-reactive ketones (excluding diaryl/α,β-unsaturated/α-hetero) is 1. The zero-order valence-electron chi connectivity index (χ0n) is 7.17. The summed E-state index contributed by atoms with van der Waals surface area (Å²) in [5.41, 5.74) is 0. The molecule has 0 saturated heterocycles. The standard InChI is InChI=1S/C9H7NO2S2/c11-7(8-2-1-5-13-8)6-14-9-10-3-4-12-9/h1-5H,6H2. The molecule has 0 fully saturated rings. The minimum absolute atomic E-state index is 0.114. The first-order chi connectivity index (χ1) is 6.86. The number of hydrogen-bond donors (Lipinski definition) is 0. The van der Waals surface area contributed by atoms with Crippen LogP contribution >= 0.6 is 23.1 Å². The summed E-state index contributed by atoms with van der Waals surface area (Å²) in [5, 5.41) is 2.43. The average Bonchev–Trinajstić information content (AvgIpc) is 2.87. The van der Waals surface area contributed by atoms with Crippen molar-refractivity contribution >= 4 is 28.9 Å². The van der Waals surface area contributed by atoms with Crippen molar-refractivity contribution in [3.05, 3.63) is 34.8 Å². The van der Waals surface area contributed by atoms with Crippen LogP contribution in [-0.2, 0) is 0 Å². The maximum absolute atomic E-state index is 11.5. The van der Waals surface area contributed by atoms with E-state index in [2.05, 4.69) is 4.98 Å². The molecule has 72 valence electrons. The summed E-state index contributed by atoms with van der Waals surface area (Å²) in [6.45, 7) is 0. The normalized spacial score (nSPS) is 10.3. The van der Waals surface area contributed by atoms with E-state index in [9.17, 15) is 4.79 Å². The van der Waals surface area contributed by atoms with Gasteiger partial charge >= 0.3 is 0 Å². The van der Waals surface area contributed by atoms with Crippen molar-refractivity contribution in [3.8, 4) is 0 Å². The van der Waals surface area contributed by atoms with Crippen molar-refractivity contribution in [1.82, 2.24) is 4.98 Å². The Bertz CT molecular complexity index is 394. The summed E-state index contributed by atoms with van der Waals surface area (Å²) in [5.74, 6) is 0.490. The second-order valence-electron chi connectivity index (χ2n) is 2.49. The Morgan fingerprint density at radius 2 is 2.57 bits per heavy atom. The number of thiophene rings is 1. The highest BCUT2D eigenvalue weighted by atomic mass is 32.2. The highest BCUT2D eigenvalue weighted by Gasteiger charge is 2.08. The van der Waals surface area contributed by atoms with Crippen LogP contribution in [-0.4, -0.2) is 16.5 Å². The van der Waals surface area contributed by atoms with Gasteiger partial charge in [-0.1, -0.05) is 17.8 Å². The molecule has 0 radical (unpaired) electrons. The zero-order valence-corrected chi connectivity index (χ0v) is 8.81. The lowest BCUT2D eigenvalue weighted by molar-refractivity contribution is 0.102. The number of ketones is 1. The Balaban J connectivity index is 1.90. The van der Waals surface area contributed by atoms with Gasteiger partial charge in [-0.15, -0.1) is 11.3 Å². The Hall–Kier alpha value is -1.07. The van der Waals surface area contributed by atoms with E-state index in [1.54, 1.807) is 6.20 Å². The van der Waals surface area contributed by atoms with E-state index in [1.807, 2.05) is 17.5 Å². The molecule has 2 aromatic heterocycles. The van der Waals surface area contributed by atoms with Gasteiger partial charge in [0.2, 0.25) is 0 Å². The van der Waals surface area contributed by atoms with Gasteiger partial charge in [0.15, 0.2) is 5.78 Å². The van der Waals surface area contributed by atoms with Crippen molar-refractivity contribution in [2.75, 3.05) is 5.75 Å². The number of hydrogen-bond acceptors (Lipinski definition) is 5. The monoisotopic (exact) mass is 225 g/mol. The van der Waals surface area contributed by atoms with Crippen LogP contribution in [0.4, 0.5) is 0 Å². The molecule has 3 nitrogen and oxygen atoms in total. The van der Waals surface area contributed by atoms with Gasteiger partial charge in [-0.25, -0.2) is 4.98 Å². The van der Waals surface area contributed by atoms with Gasteiger partial charge in [0.25, 0.3) is 5.22 Å². The molecule has 0 aliphatic carbocycles. The van der Waals surface area contributed by atoms with Gasteiger partial charge in [-0.05, 0) is 11.4 Å². The summed E-state index contributed by atoms with van der Waals surface area (Å²) >= 11 is 2.77. The predicted molar refractivity (Wildman–Crippen MR) is 55.9 cm³/mol. The van der Waals surface area contributed by atoms with E-state index < -0.39 is 0 Å². The summed E-state index contributed by atoms with van der Waals surface area (Å²) in [4.78, 5) is 16.2. The molecule has 0 amide bonds. The van der Waals surface area contributed by atoms with Crippen LogP contribution in [0.1, 0.15) is 9.67 Å². The Morgan fingerprint density at radius 3 is 3.21 bits per heavy atom. The molecule has 0 spiro atoms. The van der Waals surface area contributed by atoms with Crippen LogP contribution in [0.3, 0.4) is 0 Å². The molecule has 0 N–H and O–H groups in total. The summed E-state index contributed by atoms with van der Waals surface area (Å²) < 4.78 is 5.00. The highest BCUT2D eigenvalue weighted by molar-refractivity contribution is 7.99. The number of oxazole rings is 1. The van der Waals surface area contributed by atoms with Gasteiger partial charge < -0.3 is 4.42 Å². The van der Waals surface area contributed by atoms with E-state index in [0.29, 0.717) is 11.0 Å². The molecule has 0 unspecified atom stereocenters. The van der Waals surface area contributed by atoms with Crippen LogP contribution < -0.4 is 0 Å². The molecule has 0 aromatic carbocycles. The molecule has 2 heterocycles. The lowest BCUT2D eigenvalue weighted by atomic mass is 10.4. The maximum Gasteiger partial charge on any atom is 0.255 e. The van der Waals surface area contributed by atoms with Crippen LogP contribution in [0.15, 0.2) is 39.6 Å². The molecule has 0 bridgehead atoms. The predicted octanol–water partition coefficient (Wildman–Crippen LogP) is 2.71. The second-order valence-corrected chi connectivity index (χ2v) is 4.36. The number of carbonyl (C=O) groups is 1. The third kappa shape index (κ3) is 2.24. The van der Waals surface area contributed by atoms with Gasteiger partial charge in [0.05, 0.1) is 16.8 Å². The van der Waals surface area contributed by atoms with Gasteiger partial charge in [0, 0.05) is 0 Å². The third-order valence-electron chi connectivity index (χ3n) is 1.53. The largest absolute Gasteiger partial charge is 0.440 e. The van der Waals surface area contributed by atoms with Crippen molar-refractivity contribution < 1.29 is 9.21 Å². The average molecular weight is 225 g/mol. The summed E-state index contributed by atoms with van der Waals surface area (Å²) in [6.07, 6.45) is 3.07. The summed E-state index contributed by atoms with van der Waals surface area (Å²) in [7, 11) is 0. The van der Waals surface area contributed by atoms with Crippen molar-refractivity contribution in [2.24, 2.45) is 0 Å². The Kier molecular flexibility index (Phi) is 3.00. The maximum atomic E-state index is 11.5. The van der Waals surface area contributed by atoms with E-state index in [1.165, 1.54) is 29.4 Å². The number of thioether (sulfide) groups is 1. The van der Waals surface area contributed by atoms with Crippen molar-refractivity contribution in [2.45, 2.75) is 5.22 Å².